The van der Waals surface area contributed by atoms with Crippen LogP contribution in [0.3, 0.4) is 0 Å². The van der Waals surface area contributed by atoms with Crippen LogP contribution in [0.25, 0.3) is 0 Å². The van der Waals surface area contributed by atoms with Crippen molar-refractivity contribution >= 4 is 8.07 Å². The largest absolute Gasteiger partial charge is 0.435 e. The summed E-state index contributed by atoms with van der Waals surface area (Å²) in [4.78, 5) is 0. The van der Waals surface area contributed by atoms with E-state index in [9.17, 15) is 8.78 Å². The molecule has 0 bridgehead atoms. The summed E-state index contributed by atoms with van der Waals surface area (Å²) in [7, 11) is -1.79. The Morgan fingerprint density at radius 2 is 1.56 bits per heavy atom. The van der Waals surface area contributed by atoms with Gasteiger partial charge in [-0.1, -0.05) is 47.5 Å². The molecule has 1 aromatic rings. The second kappa shape index (κ2) is 7.91. The Morgan fingerprint density at radius 3 is 2.00 bits per heavy atom. The van der Waals surface area contributed by atoms with Gasteiger partial charge in [-0.25, -0.2) is 0 Å². The first-order chi connectivity index (χ1) is 11.7. The monoisotopic (exact) mass is 364 g/mol. The van der Waals surface area contributed by atoms with E-state index in [0.29, 0.717) is 28.3 Å². The van der Waals surface area contributed by atoms with E-state index in [1.54, 1.807) is 6.07 Å². The van der Waals surface area contributed by atoms with Gasteiger partial charge >= 0.3 is 6.61 Å². The lowest BCUT2D eigenvalue weighted by Crippen LogP contribution is -2.43. The standard InChI is InChI=1S/C21H30F2OSi/c1-14(2)25(15(3)4,16(5)6)12-11-17-7-10-20(24-21(22)23)19(13-17)18-8-9-18/h7,10,13-16,18,21H,8-9H2,1-6H3. The molecular weight excluding hydrogens is 334 g/mol. The van der Waals surface area contributed by atoms with Crippen LogP contribution >= 0.6 is 0 Å². The van der Waals surface area contributed by atoms with Gasteiger partial charge in [-0.3, -0.25) is 0 Å². The molecule has 0 heterocycles. The zero-order chi connectivity index (χ0) is 18.8. The molecule has 25 heavy (non-hydrogen) atoms. The fourth-order valence-corrected chi connectivity index (χ4v) is 9.38. The van der Waals surface area contributed by atoms with E-state index >= 15 is 0 Å². The van der Waals surface area contributed by atoms with Crippen LogP contribution in [0.5, 0.6) is 5.75 Å². The molecule has 1 aromatic carbocycles. The van der Waals surface area contributed by atoms with Crippen molar-refractivity contribution in [3.63, 3.8) is 0 Å². The molecule has 0 radical (unpaired) electrons. The Hall–Kier alpha value is -1.34. The Labute approximate surface area is 152 Å². The highest BCUT2D eigenvalue weighted by Gasteiger charge is 2.41. The lowest BCUT2D eigenvalue weighted by molar-refractivity contribution is -0.0504. The molecule has 0 amide bonds. The predicted octanol–water partition coefficient (Wildman–Crippen LogP) is 6.73. The van der Waals surface area contributed by atoms with Crippen LogP contribution in [-0.4, -0.2) is 14.7 Å². The average molecular weight is 365 g/mol. The van der Waals surface area contributed by atoms with Crippen LogP contribution < -0.4 is 4.74 Å². The number of halogens is 2. The fraction of sp³-hybridized carbons (Fsp3) is 0.619. The van der Waals surface area contributed by atoms with E-state index in [4.69, 9.17) is 0 Å². The average Bonchev–Trinajstić information content (AvgIpc) is 3.32. The zero-order valence-corrected chi connectivity index (χ0v) is 17.2. The predicted molar refractivity (Wildman–Crippen MR) is 103 cm³/mol. The molecule has 0 aromatic heterocycles. The number of rotatable bonds is 6. The summed E-state index contributed by atoms with van der Waals surface area (Å²) in [5.41, 5.74) is 7.22. The Balaban J connectivity index is 2.40. The second-order valence-electron chi connectivity index (χ2n) is 8.05. The summed E-state index contributed by atoms with van der Waals surface area (Å²) in [5, 5.41) is 0. The third-order valence-corrected chi connectivity index (χ3v) is 11.8. The Kier molecular flexibility index (Phi) is 6.32. The molecule has 1 nitrogen and oxygen atoms in total. The van der Waals surface area contributed by atoms with E-state index in [-0.39, 0.29) is 0 Å². The van der Waals surface area contributed by atoms with Gasteiger partial charge < -0.3 is 4.74 Å². The van der Waals surface area contributed by atoms with Crippen LogP contribution in [-0.2, 0) is 0 Å². The molecule has 0 spiro atoms. The van der Waals surface area contributed by atoms with Gasteiger partial charge in [0.15, 0.2) is 0 Å². The smallest absolute Gasteiger partial charge is 0.387 e. The highest BCUT2D eigenvalue weighted by atomic mass is 28.3. The lowest BCUT2D eigenvalue weighted by Gasteiger charge is -2.38. The highest BCUT2D eigenvalue weighted by molar-refractivity contribution is 6.90. The lowest BCUT2D eigenvalue weighted by atomic mass is 10.1. The van der Waals surface area contributed by atoms with Crippen molar-refractivity contribution in [3.05, 3.63) is 29.3 Å². The van der Waals surface area contributed by atoms with E-state index in [1.807, 2.05) is 12.1 Å². The van der Waals surface area contributed by atoms with Crippen molar-refractivity contribution in [3.8, 4) is 17.2 Å². The van der Waals surface area contributed by atoms with Crippen LogP contribution in [0.15, 0.2) is 18.2 Å². The van der Waals surface area contributed by atoms with Crippen molar-refractivity contribution in [2.45, 2.75) is 83.5 Å². The first-order valence-electron chi connectivity index (χ1n) is 9.30. The summed E-state index contributed by atoms with van der Waals surface area (Å²) in [6, 6.07) is 5.44. The Bertz CT molecular complexity index is 630. The van der Waals surface area contributed by atoms with Gasteiger partial charge in [0, 0.05) is 5.56 Å². The number of alkyl halides is 2. The molecule has 4 heteroatoms. The maximum atomic E-state index is 12.6. The zero-order valence-electron chi connectivity index (χ0n) is 16.2. The van der Waals surface area contributed by atoms with Gasteiger partial charge in [-0.2, -0.15) is 8.78 Å². The van der Waals surface area contributed by atoms with Gasteiger partial charge in [0.1, 0.15) is 13.8 Å². The molecule has 0 atom stereocenters. The summed E-state index contributed by atoms with van der Waals surface area (Å²) in [6.45, 7) is 10.9. The molecule has 1 aliphatic carbocycles. The van der Waals surface area contributed by atoms with E-state index in [1.165, 1.54) is 0 Å². The molecule has 0 saturated heterocycles. The molecule has 0 unspecified atom stereocenters. The maximum absolute atomic E-state index is 12.6. The summed E-state index contributed by atoms with van der Waals surface area (Å²) in [6.07, 6.45) is 2.08. The quantitative estimate of drug-likeness (QED) is 0.401. The third kappa shape index (κ3) is 4.44. The van der Waals surface area contributed by atoms with Crippen molar-refractivity contribution < 1.29 is 13.5 Å². The minimum Gasteiger partial charge on any atom is -0.435 e. The summed E-state index contributed by atoms with van der Waals surface area (Å²) in [5.74, 6) is 4.06. The number of benzene rings is 1. The van der Waals surface area contributed by atoms with E-state index in [2.05, 4.69) is 57.7 Å². The molecule has 0 aliphatic heterocycles. The molecule has 2 rings (SSSR count). The highest BCUT2D eigenvalue weighted by Crippen LogP contribution is 2.45. The number of ether oxygens (including phenoxy) is 1. The molecular formula is C21H30F2OSi. The summed E-state index contributed by atoms with van der Waals surface area (Å²) >= 11 is 0. The van der Waals surface area contributed by atoms with Gasteiger partial charge in [0.25, 0.3) is 0 Å². The minimum absolute atomic E-state index is 0.308. The van der Waals surface area contributed by atoms with Crippen LogP contribution in [0, 0.1) is 11.5 Å². The van der Waals surface area contributed by atoms with Gasteiger partial charge in [-0.15, -0.1) is 5.54 Å². The second-order valence-corrected chi connectivity index (χ2v) is 13.6. The first-order valence-corrected chi connectivity index (χ1v) is 11.5. The van der Waals surface area contributed by atoms with Crippen molar-refractivity contribution in [2.75, 3.05) is 0 Å². The van der Waals surface area contributed by atoms with Crippen molar-refractivity contribution in [2.24, 2.45) is 0 Å². The number of hydrogen-bond donors (Lipinski definition) is 0. The fourth-order valence-electron chi connectivity index (χ4n) is 4.16. The third-order valence-electron chi connectivity index (χ3n) is 5.53. The van der Waals surface area contributed by atoms with Crippen LogP contribution in [0.4, 0.5) is 8.78 Å². The van der Waals surface area contributed by atoms with E-state index < -0.39 is 14.7 Å². The normalized spacial score (nSPS) is 15.0. The first kappa shape index (κ1) is 20.0. The van der Waals surface area contributed by atoms with Crippen LogP contribution in [0.1, 0.15) is 71.4 Å². The van der Waals surface area contributed by atoms with Crippen LogP contribution in [0.2, 0.25) is 16.6 Å². The number of hydrogen-bond acceptors (Lipinski definition) is 1. The van der Waals surface area contributed by atoms with Gasteiger partial charge in [0.05, 0.1) is 0 Å². The summed E-state index contributed by atoms with van der Waals surface area (Å²) < 4.78 is 29.9. The SMILES string of the molecule is CC(C)[Si](C#Cc1ccc(OC(F)F)c(C2CC2)c1)(C(C)C)C(C)C. The maximum Gasteiger partial charge on any atom is 0.387 e. The minimum atomic E-state index is -2.78. The Morgan fingerprint density at radius 1 is 1.00 bits per heavy atom. The molecule has 138 valence electrons. The molecule has 0 N–H and O–H groups in total. The molecule has 1 fully saturated rings. The van der Waals surface area contributed by atoms with Gasteiger partial charge in [-0.05, 0) is 59.1 Å². The van der Waals surface area contributed by atoms with E-state index in [0.717, 1.165) is 24.0 Å². The molecule has 1 aliphatic rings. The van der Waals surface area contributed by atoms with Crippen molar-refractivity contribution in [1.29, 1.82) is 0 Å². The topological polar surface area (TPSA) is 9.23 Å². The molecule has 1 saturated carbocycles. The van der Waals surface area contributed by atoms with Gasteiger partial charge in [0.2, 0.25) is 0 Å². The van der Waals surface area contributed by atoms with Crippen molar-refractivity contribution in [1.82, 2.24) is 0 Å².